The van der Waals surface area contributed by atoms with Crippen molar-refractivity contribution in [2.24, 2.45) is 0 Å². The highest BCUT2D eigenvalue weighted by Crippen LogP contribution is 2.22. The maximum atomic E-state index is 12.1. The molecule has 0 N–H and O–H groups in total. The van der Waals surface area contributed by atoms with Gasteiger partial charge in [0.2, 0.25) is 10.0 Å². The Hall–Kier alpha value is -2.22. The van der Waals surface area contributed by atoms with Crippen LogP contribution in [0.5, 0.6) is 0 Å². The fourth-order valence-corrected chi connectivity index (χ4v) is 3.26. The molecular formula is C15H18N4O4S2. The molecule has 134 valence electrons. The molecule has 8 nitrogen and oxygen atoms in total. The van der Waals surface area contributed by atoms with E-state index in [-0.39, 0.29) is 25.4 Å². The molecule has 0 aromatic carbocycles. The number of hydrogen-bond acceptors (Lipinski definition) is 6. The molecule has 0 atom stereocenters. The molecule has 0 spiro atoms. The highest BCUT2D eigenvalue weighted by Gasteiger charge is 2.33. The monoisotopic (exact) mass is 382 g/mol. The van der Waals surface area contributed by atoms with Gasteiger partial charge in [-0.25, -0.2) is 8.42 Å². The first-order valence-electron chi connectivity index (χ1n) is 7.33. The first-order chi connectivity index (χ1) is 11.6. The number of amides is 1. The minimum absolute atomic E-state index is 0.0196. The second-order valence-corrected chi connectivity index (χ2v) is 7.89. The zero-order chi connectivity index (χ0) is 18.8. The molecule has 1 aromatic heterocycles. The molecule has 2 rings (SSSR count). The van der Waals surface area contributed by atoms with Gasteiger partial charge in [-0.15, -0.1) is 0 Å². The molecule has 0 unspecified atom stereocenters. The van der Waals surface area contributed by atoms with Crippen LogP contribution >= 0.6 is 12.2 Å². The van der Waals surface area contributed by atoms with Gasteiger partial charge in [0.15, 0.2) is 5.11 Å². The van der Waals surface area contributed by atoms with Crippen LogP contribution in [0.4, 0.5) is 0 Å². The number of carbonyl (C=O) groups excluding carboxylic acids is 1. The van der Waals surface area contributed by atoms with Crippen LogP contribution in [0.15, 0.2) is 22.2 Å². The topological polar surface area (TPSA) is 97.9 Å². The summed E-state index contributed by atoms with van der Waals surface area (Å²) in [6.45, 7) is 0.110. The highest BCUT2D eigenvalue weighted by molar-refractivity contribution is 7.88. The van der Waals surface area contributed by atoms with Crippen molar-refractivity contribution in [1.29, 1.82) is 5.26 Å². The summed E-state index contributed by atoms with van der Waals surface area (Å²) < 4.78 is 30.3. The number of hydrogen-bond donors (Lipinski definition) is 0. The van der Waals surface area contributed by atoms with E-state index in [0.717, 1.165) is 6.26 Å². The van der Waals surface area contributed by atoms with Crippen LogP contribution < -0.4 is 0 Å². The normalized spacial score (nSPS) is 17.0. The third kappa shape index (κ3) is 4.25. The molecule has 1 fully saturated rings. The van der Waals surface area contributed by atoms with Gasteiger partial charge in [0.25, 0.3) is 5.91 Å². The third-order valence-electron chi connectivity index (χ3n) is 3.69. The average molecular weight is 382 g/mol. The maximum Gasteiger partial charge on any atom is 0.276 e. The number of sulfonamides is 1. The van der Waals surface area contributed by atoms with Crippen molar-refractivity contribution in [2.75, 3.05) is 26.9 Å². The van der Waals surface area contributed by atoms with Crippen molar-refractivity contribution in [3.63, 3.8) is 0 Å². The van der Waals surface area contributed by atoms with Crippen molar-refractivity contribution < 1.29 is 17.6 Å². The Morgan fingerprint density at radius 3 is 2.56 bits per heavy atom. The Morgan fingerprint density at radius 2 is 2.04 bits per heavy atom. The van der Waals surface area contributed by atoms with Gasteiger partial charge < -0.3 is 9.32 Å². The number of thiocarbonyl (C=S) groups is 1. The zero-order valence-electron chi connectivity index (χ0n) is 14.1. The Labute approximate surface area is 151 Å². The SMILES string of the molecule is CN1C(=O)C(=Cc2ccc(CN(CCC#N)S(C)(=O)=O)o2)N(C)C1=S. The first-order valence-corrected chi connectivity index (χ1v) is 9.59. The molecule has 0 radical (unpaired) electrons. The molecule has 1 saturated heterocycles. The quantitative estimate of drug-likeness (QED) is 0.534. The lowest BCUT2D eigenvalue weighted by Gasteiger charge is -2.16. The van der Waals surface area contributed by atoms with Gasteiger partial charge in [0, 0.05) is 33.1 Å². The van der Waals surface area contributed by atoms with Crippen molar-refractivity contribution in [3.05, 3.63) is 29.4 Å². The van der Waals surface area contributed by atoms with E-state index in [1.54, 1.807) is 37.2 Å². The number of nitriles is 1. The van der Waals surface area contributed by atoms with E-state index < -0.39 is 10.0 Å². The summed E-state index contributed by atoms with van der Waals surface area (Å²) in [5.41, 5.74) is 0.373. The van der Waals surface area contributed by atoms with E-state index in [2.05, 4.69) is 0 Å². The van der Waals surface area contributed by atoms with Crippen LogP contribution in [-0.4, -0.2) is 60.4 Å². The summed E-state index contributed by atoms with van der Waals surface area (Å²) in [6.07, 6.45) is 2.73. The number of likely N-dealkylation sites (N-methyl/N-ethyl adjacent to an activating group) is 2. The summed E-state index contributed by atoms with van der Waals surface area (Å²) in [6, 6.07) is 5.21. The third-order valence-corrected chi connectivity index (χ3v) is 5.49. The molecule has 0 aliphatic carbocycles. The summed E-state index contributed by atoms with van der Waals surface area (Å²) in [5.74, 6) is 0.591. The summed E-state index contributed by atoms with van der Waals surface area (Å²) >= 11 is 5.14. The van der Waals surface area contributed by atoms with Crippen LogP contribution in [-0.2, 0) is 21.4 Å². The van der Waals surface area contributed by atoms with Crippen LogP contribution in [0.2, 0.25) is 0 Å². The van der Waals surface area contributed by atoms with E-state index in [9.17, 15) is 13.2 Å². The second-order valence-electron chi connectivity index (χ2n) is 5.54. The summed E-state index contributed by atoms with van der Waals surface area (Å²) in [5, 5.41) is 9.04. The fourth-order valence-electron chi connectivity index (χ4n) is 2.29. The summed E-state index contributed by atoms with van der Waals surface area (Å²) in [7, 11) is -0.181. The van der Waals surface area contributed by atoms with Crippen LogP contribution in [0.1, 0.15) is 17.9 Å². The zero-order valence-corrected chi connectivity index (χ0v) is 15.7. The van der Waals surface area contributed by atoms with Crippen molar-refractivity contribution in [3.8, 4) is 6.07 Å². The Bertz CT molecular complexity index is 866. The molecule has 1 aliphatic heterocycles. The Kier molecular flexibility index (Phi) is 5.62. The predicted octanol–water partition coefficient (Wildman–Crippen LogP) is 0.984. The number of furan rings is 1. The van der Waals surface area contributed by atoms with Gasteiger partial charge >= 0.3 is 0 Å². The van der Waals surface area contributed by atoms with Crippen LogP contribution in [0.3, 0.4) is 0 Å². The van der Waals surface area contributed by atoms with Gasteiger partial charge in [0.1, 0.15) is 17.2 Å². The molecule has 0 bridgehead atoms. The molecule has 2 heterocycles. The van der Waals surface area contributed by atoms with Gasteiger partial charge in [-0.3, -0.25) is 9.69 Å². The lowest BCUT2D eigenvalue weighted by molar-refractivity contribution is -0.121. The molecule has 1 amide bonds. The minimum atomic E-state index is -3.46. The Morgan fingerprint density at radius 1 is 1.36 bits per heavy atom. The van der Waals surface area contributed by atoms with Gasteiger partial charge in [0.05, 0.1) is 18.9 Å². The van der Waals surface area contributed by atoms with E-state index in [0.29, 0.717) is 22.3 Å². The lowest BCUT2D eigenvalue weighted by Crippen LogP contribution is -2.30. The van der Waals surface area contributed by atoms with E-state index in [4.69, 9.17) is 21.9 Å². The molecule has 1 aromatic rings. The Balaban J connectivity index is 2.20. The van der Waals surface area contributed by atoms with Crippen molar-refractivity contribution in [2.45, 2.75) is 13.0 Å². The van der Waals surface area contributed by atoms with Crippen LogP contribution in [0.25, 0.3) is 6.08 Å². The van der Waals surface area contributed by atoms with Gasteiger partial charge in [-0.05, 0) is 24.4 Å². The van der Waals surface area contributed by atoms with E-state index >= 15 is 0 Å². The molecule has 10 heteroatoms. The second kappa shape index (κ2) is 7.35. The molecule has 0 saturated carbocycles. The fraction of sp³-hybridized carbons (Fsp3) is 0.400. The molecule has 25 heavy (non-hydrogen) atoms. The first kappa shape index (κ1) is 19.1. The maximum absolute atomic E-state index is 12.1. The minimum Gasteiger partial charge on any atom is -0.460 e. The summed E-state index contributed by atoms with van der Waals surface area (Å²) in [4.78, 5) is 15.1. The van der Waals surface area contributed by atoms with Crippen molar-refractivity contribution >= 4 is 39.3 Å². The number of rotatable bonds is 6. The highest BCUT2D eigenvalue weighted by atomic mass is 32.2. The van der Waals surface area contributed by atoms with Crippen molar-refractivity contribution in [1.82, 2.24) is 14.1 Å². The predicted molar refractivity (Wildman–Crippen MR) is 95.3 cm³/mol. The number of nitrogens with zero attached hydrogens (tertiary/aromatic N) is 4. The van der Waals surface area contributed by atoms with Crippen LogP contribution in [0, 0.1) is 11.3 Å². The van der Waals surface area contributed by atoms with Gasteiger partial charge in [-0.2, -0.15) is 9.57 Å². The largest absolute Gasteiger partial charge is 0.460 e. The standard InChI is InChI=1S/C15H18N4O4S2/c1-17-13(14(20)18(2)15(17)24)9-11-5-6-12(23-11)10-19(8-4-7-16)25(3,21)22/h5-6,9H,4,8,10H2,1-3H3. The van der Waals surface area contributed by atoms with Gasteiger partial charge in [-0.1, -0.05) is 0 Å². The lowest BCUT2D eigenvalue weighted by atomic mass is 10.3. The molecular weight excluding hydrogens is 364 g/mol. The number of carbonyl (C=O) groups is 1. The van der Waals surface area contributed by atoms with E-state index in [1.807, 2.05) is 6.07 Å². The van der Waals surface area contributed by atoms with E-state index in [1.165, 1.54) is 9.21 Å². The average Bonchev–Trinajstić information content (AvgIpc) is 3.05. The molecule has 1 aliphatic rings. The smallest absolute Gasteiger partial charge is 0.276 e.